The number of halogens is 2. The van der Waals surface area contributed by atoms with Gasteiger partial charge in [-0.15, -0.1) is 0 Å². The molecule has 0 amide bonds. The molecule has 0 spiro atoms. The Morgan fingerprint density at radius 3 is 2.47 bits per heavy atom. The molecule has 0 fully saturated rings. The Hall–Kier alpha value is -2.17. The summed E-state index contributed by atoms with van der Waals surface area (Å²) in [6.07, 6.45) is 0. The molecule has 0 bridgehead atoms. The largest absolute Gasteiger partial charge is 0.477 e. The third-order valence-electron chi connectivity index (χ3n) is 2.86. The van der Waals surface area contributed by atoms with E-state index < -0.39 is 17.6 Å². The van der Waals surface area contributed by atoms with Crippen LogP contribution in [0.15, 0.2) is 30.3 Å². The van der Waals surface area contributed by atoms with Crippen molar-refractivity contribution in [2.75, 3.05) is 0 Å². The molecule has 100 valence electrons. The summed E-state index contributed by atoms with van der Waals surface area (Å²) < 4.78 is 28.5. The smallest absolute Gasteiger partial charge is 0.352 e. The van der Waals surface area contributed by atoms with Crippen molar-refractivity contribution in [2.45, 2.75) is 19.9 Å². The van der Waals surface area contributed by atoms with E-state index in [2.05, 4.69) is 0 Å². The van der Waals surface area contributed by atoms with E-state index in [1.165, 1.54) is 16.7 Å². The predicted molar refractivity (Wildman–Crippen MR) is 67.1 cm³/mol. The Balaban J connectivity index is 2.69. The molecular formula is C14H13F2NO2. The minimum absolute atomic E-state index is 0.0497. The maximum Gasteiger partial charge on any atom is 0.352 e. The highest BCUT2D eigenvalue weighted by atomic mass is 19.1. The maximum absolute atomic E-state index is 13.8. The highest BCUT2D eigenvalue weighted by molar-refractivity contribution is 5.87. The van der Waals surface area contributed by atoms with Crippen molar-refractivity contribution in [1.29, 1.82) is 0 Å². The molecular weight excluding hydrogens is 252 g/mol. The van der Waals surface area contributed by atoms with Crippen LogP contribution in [0.2, 0.25) is 0 Å². The highest BCUT2D eigenvalue weighted by Gasteiger charge is 2.19. The van der Waals surface area contributed by atoms with Crippen molar-refractivity contribution in [3.8, 4) is 11.3 Å². The van der Waals surface area contributed by atoms with Crippen LogP contribution < -0.4 is 0 Å². The molecule has 5 heteroatoms. The van der Waals surface area contributed by atoms with Crippen LogP contribution in [0.5, 0.6) is 0 Å². The summed E-state index contributed by atoms with van der Waals surface area (Å²) in [6, 6.07) is 5.82. The molecule has 1 aromatic carbocycles. The monoisotopic (exact) mass is 265 g/mol. The Morgan fingerprint density at radius 2 is 1.89 bits per heavy atom. The van der Waals surface area contributed by atoms with Gasteiger partial charge in [0, 0.05) is 11.6 Å². The molecule has 0 unspecified atom stereocenters. The number of aromatic nitrogens is 1. The minimum atomic E-state index is -1.10. The number of carboxylic acid groups (broad SMARTS) is 1. The van der Waals surface area contributed by atoms with Crippen molar-refractivity contribution >= 4 is 5.97 Å². The van der Waals surface area contributed by atoms with Crippen LogP contribution >= 0.6 is 0 Å². The fraction of sp³-hybridized carbons (Fsp3) is 0.214. The number of rotatable bonds is 3. The van der Waals surface area contributed by atoms with E-state index in [-0.39, 0.29) is 17.3 Å². The summed E-state index contributed by atoms with van der Waals surface area (Å²) >= 11 is 0. The summed E-state index contributed by atoms with van der Waals surface area (Å²) in [5, 5.41) is 9.11. The summed E-state index contributed by atoms with van der Waals surface area (Å²) in [5.41, 5.74) is 0.458. The highest BCUT2D eigenvalue weighted by Crippen LogP contribution is 2.29. The lowest BCUT2D eigenvalue weighted by molar-refractivity contribution is 0.0683. The van der Waals surface area contributed by atoms with Crippen molar-refractivity contribution < 1.29 is 18.7 Å². The van der Waals surface area contributed by atoms with Gasteiger partial charge >= 0.3 is 5.97 Å². The Kier molecular flexibility index (Phi) is 3.38. The normalized spacial score (nSPS) is 11.0. The standard InChI is InChI=1S/C14H13F2NO2/c1-8(2)17-12(5-6-13(17)14(18)19)10-7-9(15)3-4-11(10)16/h3-8H,1-2H3,(H,18,19). The van der Waals surface area contributed by atoms with Gasteiger partial charge < -0.3 is 9.67 Å². The number of aromatic carboxylic acids is 1. The van der Waals surface area contributed by atoms with Gasteiger partial charge in [0.2, 0.25) is 0 Å². The second-order valence-electron chi connectivity index (χ2n) is 4.50. The minimum Gasteiger partial charge on any atom is -0.477 e. The van der Waals surface area contributed by atoms with E-state index in [0.29, 0.717) is 5.69 Å². The van der Waals surface area contributed by atoms with E-state index in [4.69, 9.17) is 5.11 Å². The number of carboxylic acids is 1. The first-order valence-electron chi connectivity index (χ1n) is 5.81. The molecule has 2 aromatic rings. The zero-order chi connectivity index (χ0) is 14.2. The van der Waals surface area contributed by atoms with E-state index in [0.717, 1.165) is 18.2 Å². The quantitative estimate of drug-likeness (QED) is 0.919. The molecule has 0 aliphatic carbocycles. The lowest BCUT2D eigenvalue weighted by atomic mass is 10.1. The first-order valence-corrected chi connectivity index (χ1v) is 5.81. The number of hydrogen-bond acceptors (Lipinski definition) is 1. The van der Waals surface area contributed by atoms with E-state index in [9.17, 15) is 13.6 Å². The van der Waals surface area contributed by atoms with Crippen molar-refractivity contribution in [3.05, 3.63) is 47.7 Å². The van der Waals surface area contributed by atoms with Gasteiger partial charge in [0.1, 0.15) is 17.3 Å². The SMILES string of the molecule is CC(C)n1c(C(=O)O)ccc1-c1cc(F)ccc1F. The molecule has 2 rings (SSSR count). The Morgan fingerprint density at radius 1 is 1.21 bits per heavy atom. The molecule has 0 radical (unpaired) electrons. The lowest BCUT2D eigenvalue weighted by Crippen LogP contribution is -2.12. The summed E-state index contributed by atoms with van der Waals surface area (Å²) in [6.45, 7) is 3.57. The summed E-state index contributed by atoms with van der Waals surface area (Å²) in [5.74, 6) is -2.25. The molecule has 1 N–H and O–H groups in total. The van der Waals surface area contributed by atoms with Gasteiger partial charge in [-0.25, -0.2) is 13.6 Å². The van der Waals surface area contributed by atoms with Gasteiger partial charge in [-0.1, -0.05) is 0 Å². The van der Waals surface area contributed by atoms with Crippen LogP contribution in [-0.4, -0.2) is 15.6 Å². The maximum atomic E-state index is 13.8. The Bertz CT molecular complexity index is 632. The second-order valence-corrected chi connectivity index (χ2v) is 4.50. The molecule has 0 saturated carbocycles. The fourth-order valence-electron chi connectivity index (χ4n) is 2.09. The predicted octanol–water partition coefficient (Wildman–Crippen LogP) is 3.71. The van der Waals surface area contributed by atoms with E-state index in [1.807, 2.05) is 0 Å². The number of nitrogens with zero attached hydrogens (tertiary/aromatic N) is 1. The molecule has 0 saturated heterocycles. The van der Waals surface area contributed by atoms with Crippen LogP contribution in [-0.2, 0) is 0 Å². The zero-order valence-corrected chi connectivity index (χ0v) is 10.5. The van der Waals surface area contributed by atoms with Crippen LogP contribution in [0.4, 0.5) is 8.78 Å². The topological polar surface area (TPSA) is 42.2 Å². The molecule has 3 nitrogen and oxygen atoms in total. The first-order chi connectivity index (χ1) is 8.91. The first kappa shape index (κ1) is 13.3. The zero-order valence-electron chi connectivity index (χ0n) is 10.5. The van der Waals surface area contributed by atoms with Crippen LogP contribution in [0.3, 0.4) is 0 Å². The average molecular weight is 265 g/mol. The average Bonchev–Trinajstić information content (AvgIpc) is 2.76. The molecule has 1 heterocycles. The third kappa shape index (κ3) is 2.36. The molecule has 19 heavy (non-hydrogen) atoms. The second kappa shape index (κ2) is 4.84. The van der Waals surface area contributed by atoms with Crippen LogP contribution in [0.1, 0.15) is 30.4 Å². The van der Waals surface area contributed by atoms with Crippen LogP contribution in [0.25, 0.3) is 11.3 Å². The van der Waals surface area contributed by atoms with Gasteiger partial charge in [0.25, 0.3) is 0 Å². The summed E-state index contributed by atoms with van der Waals surface area (Å²) in [7, 11) is 0. The third-order valence-corrected chi connectivity index (χ3v) is 2.86. The number of hydrogen-bond donors (Lipinski definition) is 1. The van der Waals surface area contributed by atoms with Crippen molar-refractivity contribution in [3.63, 3.8) is 0 Å². The fourth-order valence-corrected chi connectivity index (χ4v) is 2.09. The van der Waals surface area contributed by atoms with Gasteiger partial charge in [0.05, 0.1) is 5.69 Å². The molecule has 0 atom stereocenters. The molecule has 0 aliphatic rings. The van der Waals surface area contributed by atoms with Gasteiger partial charge in [0.15, 0.2) is 0 Å². The Labute approximate surface area is 109 Å². The van der Waals surface area contributed by atoms with Gasteiger partial charge in [-0.3, -0.25) is 0 Å². The number of carbonyl (C=O) groups is 1. The molecule has 1 aromatic heterocycles. The number of benzene rings is 1. The lowest BCUT2D eigenvalue weighted by Gasteiger charge is -2.16. The van der Waals surface area contributed by atoms with Crippen molar-refractivity contribution in [1.82, 2.24) is 4.57 Å². The van der Waals surface area contributed by atoms with E-state index in [1.54, 1.807) is 13.8 Å². The van der Waals surface area contributed by atoms with E-state index >= 15 is 0 Å². The van der Waals surface area contributed by atoms with Crippen LogP contribution in [0, 0.1) is 11.6 Å². The van der Waals surface area contributed by atoms with Crippen molar-refractivity contribution in [2.24, 2.45) is 0 Å². The molecule has 0 aliphatic heterocycles. The van der Waals surface area contributed by atoms with Gasteiger partial charge in [-0.05, 0) is 44.2 Å². The van der Waals surface area contributed by atoms with Gasteiger partial charge in [-0.2, -0.15) is 0 Å². The summed E-state index contributed by atoms with van der Waals surface area (Å²) in [4.78, 5) is 11.1.